The monoisotopic (exact) mass is 412 g/mol. The molecule has 0 radical (unpaired) electrons. The molecule has 3 aromatic rings. The zero-order valence-corrected chi connectivity index (χ0v) is 15.5. The molecule has 0 atom stereocenters. The molecule has 146 valence electrons. The van der Waals surface area contributed by atoms with Gasteiger partial charge >= 0.3 is 0 Å². The maximum atomic E-state index is 14.4. The summed E-state index contributed by atoms with van der Waals surface area (Å²) in [5, 5.41) is 7.21. The molecule has 0 fully saturated rings. The van der Waals surface area contributed by atoms with Gasteiger partial charge in [-0.25, -0.2) is 17.6 Å². The maximum Gasteiger partial charge on any atom is 0.188 e. The molecule has 0 amide bonds. The third kappa shape index (κ3) is 3.93. The molecule has 0 spiro atoms. The van der Waals surface area contributed by atoms with E-state index >= 15 is 0 Å². The highest BCUT2D eigenvalue weighted by Gasteiger charge is 2.24. The molecule has 0 bridgehead atoms. The molecule has 28 heavy (non-hydrogen) atoms. The number of nitrogens with zero attached hydrogens (tertiary/aromatic N) is 2. The van der Waals surface area contributed by atoms with E-state index in [1.807, 2.05) is 0 Å². The third-order valence-electron chi connectivity index (χ3n) is 3.87. The molecular weight excluding hydrogens is 400 g/mol. The summed E-state index contributed by atoms with van der Waals surface area (Å²) in [7, 11) is 1.40. The quantitative estimate of drug-likeness (QED) is 0.420. The van der Waals surface area contributed by atoms with Crippen LogP contribution in [0, 0.1) is 30.2 Å². The Bertz CT molecular complexity index is 1020. The van der Waals surface area contributed by atoms with Gasteiger partial charge in [0.15, 0.2) is 11.9 Å². The van der Waals surface area contributed by atoms with Crippen LogP contribution in [-0.2, 0) is 4.74 Å². The van der Waals surface area contributed by atoms with Crippen molar-refractivity contribution in [1.29, 1.82) is 0 Å². The van der Waals surface area contributed by atoms with Crippen molar-refractivity contribution in [2.75, 3.05) is 13.9 Å². The number of aryl methyl sites for hydroxylation is 1. The molecule has 0 aliphatic rings. The van der Waals surface area contributed by atoms with Crippen LogP contribution in [0.3, 0.4) is 0 Å². The fraction of sp³-hybridized carbons (Fsp3) is 0.158. The Kier molecular flexibility index (Phi) is 5.81. The van der Waals surface area contributed by atoms with Gasteiger partial charge in [0.1, 0.15) is 29.0 Å². The Hall–Kier alpha value is -2.71. The minimum absolute atomic E-state index is 0.121. The summed E-state index contributed by atoms with van der Waals surface area (Å²) >= 11 is 6.09. The van der Waals surface area contributed by atoms with E-state index in [9.17, 15) is 17.6 Å². The number of halogens is 5. The van der Waals surface area contributed by atoms with E-state index in [0.29, 0.717) is 12.1 Å². The Balaban J connectivity index is 2.30. The molecular formula is C19H13ClF4N2O2. The Morgan fingerprint density at radius 3 is 2.14 bits per heavy atom. The number of aromatic nitrogens is 2. The van der Waals surface area contributed by atoms with E-state index in [0.717, 1.165) is 12.1 Å². The molecule has 0 N–H and O–H groups in total. The van der Waals surface area contributed by atoms with E-state index in [1.165, 1.54) is 20.1 Å². The number of benzene rings is 2. The van der Waals surface area contributed by atoms with Crippen LogP contribution in [0.15, 0.2) is 30.3 Å². The fourth-order valence-corrected chi connectivity index (χ4v) is 3.01. The molecule has 0 aliphatic heterocycles. The third-order valence-corrected chi connectivity index (χ3v) is 4.13. The standard InChI is InChI=1S/C19H13ClF4N2O2/c1-9-16(10-3-11(21)5-13(4-10)28-8-27-2)18(19(20)26-25-9)17-14(23)6-12(22)7-15(17)24/h3-7H,8H2,1-2H3. The first-order chi connectivity index (χ1) is 13.3. The van der Waals surface area contributed by atoms with Crippen LogP contribution < -0.4 is 4.74 Å². The molecule has 1 aromatic heterocycles. The first-order valence-corrected chi connectivity index (χ1v) is 8.30. The minimum atomic E-state index is -1.18. The molecule has 0 saturated heterocycles. The van der Waals surface area contributed by atoms with E-state index < -0.39 is 28.8 Å². The van der Waals surface area contributed by atoms with E-state index in [2.05, 4.69) is 10.2 Å². The molecule has 9 heteroatoms. The molecule has 2 aromatic carbocycles. The van der Waals surface area contributed by atoms with Crippen LogP contribution in [0.2, 0.25) is 5.15 Å². The van der Waals surface area contributed by atoms with Gasteiger partial charge in [-0.05, 0) is 24.6 Å². The normalized spacial score (nSPS) is 11.0. The molecule has 0 aliphatic carbocycles. The van der Waals surface area contributed by atoms with Gasteiger partial charge in [-0.1, -0.05) is 11.6 Å². The van der Waals surface area contributed by atoms with Gasteiger partial charge in [0.2, 0.25) is 0 Å². The lowest BCUT2D eigenvalue weighted by molar-refractivity contribution is 0.0509. The largest absolute Gasteiger partial charge is 0.467 e. The SMILES string of the molecule is COCOc1cc(F)cc(-c2c(C)nnc(Cl)c2-c2c(F)cc(F)cc2F)c1. The molecule has 3 rings (SSSR count). The average molecular weight is 413 g/mol. The summed E-state index contributed by atoms with van der Waals surface area (Å²) in [4.78, 5) is 0. The van der Waals surface area contributed by atoms with Crippen molar-refractivity contribution in [3.8, 4) is 28.0 Å². The molecule has 0 saturated carbocycles. The number of hydrogen-bond donors (Lipinski definition) is 0. The van der Waals surface area contributed by atoms with Gasteiger partial charge in [0.25, 0.3) is 0 Å². The highest BCUT2D eigenvalue weighted by atomic mass is 35.5. The predicted molar refractivity (Wildman–Crippen MR) is 95.0 cm³/mol. The maximum absolute atomic E-state index is 14.4. The van der Waals surface area contributed by atoms with Crippen molar-refractivity contribution >= 4 is 11.6 Å². The van der Waals surface area contributed by atoms with E-state index in [4.69, 9.17) is 21.1 Å². The van der Waals surface area contributed by atoms with Crippen LogP contribution in [0.4, 0.5) is 17.6 Å². The summed E-state index contributed by atoms with van der Waals surface area (Å²) in [6.07, 6.45) is 0. The first-order valence-electron chi connectivity index (χ1n) is 7.92. The van der Waals surface area contributed by atoms with Crippen molar-refractivity contribution in [3.05, 3.63) is 64.4 Å². The van der Waals surface area contributed by atoms with Gasteiger partial charge in [0, 0.05) is 36.4 Å². The zero-order valence-electron chi connectivity index (χ0n) is 14.7. The van der Waals surface area contributed by atoms with Crippen molar-refractivity contribution < 1.29 is 27.0 Å². The second-order valence-corrected chi connectivity index (χ2v) is 6.16. The fourth-order valence-electron chi connectivity index (χ4n) is 2.78. The van der Waals surface area contributed by atoms with Crippen LogP contribution >= 0.6 is 11.6 Å². The smallest absolute Gasteiger partial charge is 0.188 e. The van der Waals surface area contributed by atoms with Gasteiger partial charge in [-0.2, -0.15) is 5.10 Å². The average Bonchev–Trinajstić information content (AvgIpc) is 2.61. The number of ether oxygens (including phenoxy) is 2. The number of methoxy groups -OCH3 is 1. The lowest BCUT2D eigenvalue weighted by Gasteiger charge is -2.16. The molecule has 1 heterocycles. The summed E-state index contributed by atoms with van der Waals surface area (Å²) in [6.45, 7) is 1.38. The zero-order chi connectivity index (χ0) is 20.4. The van der Waals surface area contributed by atoms with Crippen molar-refractivity contribution in [3.63, 3.8) is 0 Å². The lowest BCUT2D eigenvalue weighted by Crippen LogP contribution is -2.03. The summed E-state index contributed by atoms with van der Waals surface area (Å²) in [6, 6.07) is 4.72. The van der Waals surface area contributed by atoms with Gasteiger partial charge in [0.05, 0.1) is 11.3 Å². The van der Waals surface area contributed by atoms with Crippen molar-refractivity contribution in [1.82, 2.24) is 10.2 Å². The Labute approximate surface area is 162 Å². The Morgan fingerprint density at radius 1 is 0.857 bits per heavy atom. The van der Waals surface area contributed by atoms with Gasteiger partial charge < -0.3 is 9.47 Å². The van der Waals surface area contributed by atoms with Crippen molar-refractivity contribution in [2.45, 2.75) is 6.92 Å². The first kappa shape index (κ1) is 20.0. The highest BCUT2D eigenvalue weighted by Crippen LogP contribution is 2.41. The number of rotatable bonds is 5. The molecule has 0 unspecified atom stereocenters. The van der Waals surface area contributed by atoms with Crippen LogP contribution in [0.1, 0.15) is 5.69 Å². The van der Waals surface area contributed by atoms with Crippen molar-refractivity contribution in [2.24, 2.45) is 0 Å². The second kappa shape index (κ2) is 8.12. The number of hydrogen-bond acceptors (Lipinski definition) is 4. The van der Waals surface area contributed by atoms with E-state index in [1.54, 1.807) is 0 Å². The van der Waals surface area contributed by atoms with E-state index in [-0.39, 0.29) is 40.1 Å². The molecule has 4 nitrogen and oxygen atoms in total. The Morgan fingerprint density at radius 2 is 1.50 bits per heavy atom. The lowest BCUT2D eigenvalue weighted by atomic mass is 9.94. The predicted octanol–water partition coefficient (Wildman–Crippen LogP) is 5.31. The van der Waals surface area contributed by atoms with Crippen LogP contribution in [0.25, 0.3) is 22.3 Å². The summed E-state index contributed by atoms with van der Waals surface area (Å²) in [5.74, 6) is -3.99. The highest BCUT2D eigenvalue weighted by molar-refractivity contribution is 6.32. The second-order valence-electron chi connectivity index (χ2n) is 5.80. The summed E-state index contributed by atoms with van der Waals surface area (Å²) in [5.41, 5.74) is -0.217. The van der Waals surface area contributed by atoms with Crippen LogP contribution in [-0.4, -0.2) is 24.1 Å². The summed E-state index contributed by atoms with van der Waals surface area (Å²) < 4.78 is 66.4. The van der Waals surface area contributed by atoms with Gasteiger partial charge in [-0.3, -0.25) is 0 Å². The topological polar surface area (TPSA) is 44.2 Å². The minimum Gasteiger partial charge on any atom is -0.467 e. The van der Waals surface area contributed by atoms with Crippen LogP contribution in [0.5, 0.6) is 5.75 Å². The van der Waals surface area contributed by atoms with Gasteiger partial charge in [-0.15, -0.1) is 5.10 Å².